The fraction of sp³-hybridized carbons (Fsp3) is 0.281. The number of likely N-dealkylation sites (N-methyl/N-ethyl adjacent to an activating group) is 1. The Morgan fingerprint density at radius 3 is 2.49 bits per heavy atom. The van der Waals surface area contributed by atoms with E-state index in [1.807, 2.05) is 29.2 Å². The Kier molecular flexibility index (Phi) is 7.60. The van der Waals surface area contributed by atoms with Crippen LogP contribution in [-0.2, 0) is 20.7 Å². The predicted octanol–water partition coefficient (Wildman–Crippen LogP) is 5.07. The SMILES string of the molecule is COc1cc(N2CN(C)C(=O)Cc3ccccc32)ccc1C(=O)[N+](=C=O)c1cccc2c1nc(C)n2C(=O)OC(C)(C)C. The molecule has 220 valence electrons. The second-order valence-corrected chi connectivity index (χ2v) is 11.2. The van der Waals surface area contributed by atoms with E-state index >= 15 is 0 Å². The summed E-state index contributed by atoms with van der Waals surface area (Å²) in [6, 6.07) is 17.5. The number of para-hydroxylation sites is 2. The van der Waals surface area contributed by atoms with Gasteiger partial charge >= 0.3 is 18.1 Å². The van der Waals surface area contributed by atoms with E-state index in [4.69, 9.17) is 9.47 Å². The number of fused-ring (bicyclic) bond motifs is 2. The fourth-order valence-electron chi connectivity index (χ4n) is 5.07. The van der Waals surface area contributed by atoms with Crippen LogP contribution in [0.15, 0.2) is 60.7 Å². The lowest BCUT2D eigenvalue weighted by Gasteiger charge is -2.28. The van der Waals surface area contributed by atoms with Gasteiger partial charge in [-0.15, -0.1) is 0 Å². The lowest BCUT2D eigenvalue weighted by atomic mass is 10.1. The molecule has 1 aliphatic rings. The molecule has 43 heavy (non-hydrogen) atoms. The Bertz CT molecular complexity index is 1830. The molecule has 0 saturated heterocycles. The van der Waals surface area contributed by atoms with Gasteiger partial charge < -0.3 is 19.3 Å². The topological polar surface area (TPSA) is 114 Å². The molecule has 0 spiro atoms. The molecule has 1 aliphatic heterocycles. The van der Waals surface area contributed by atoms with E-state index in [9.17, 15) is 19.2 Å². The number of amides is 2. The highest BCUT2D eigenvalue weighted by atomic mass is 16.6. The van der Waals surface area contributed by atoms with Crippen LogP contribution >= 0.6 is 0 Å². The van der Waals surface area contributed by atoms with E-state index in [0.717, 1.165) is 15.8 Å². The minimum Gasteiger partial charge on any atom is -0.496 e. The summed E-state index contributed by atoms with van der Waals surface area (Å²) in [5.74, 6) is -0.150. The molecule has 0 radical (unpaired) electrons. The summed E-state index contributed by atoms with van der Waals surface area (Å²) < 4.78 is 13.3. The number of carbonyl (C=O) groups excluding carboxylic acids is 4. The van der Waals surface area contributed by atoms with Crippen molar-refractivity contribution >= 4 is 52.1 Å². The number of isocyanates is 1. The highest BCUT2D eigenvalue weighted by molar-refractivity contribution is 5.98. The normalized spacial score (nSPS) is 13.3. The van der Waals surface area contributed by atoms with E-state index in [2.05, 4.69) is 4.98 Å². The molecule has 1 aromatic heterocycles. The van der Waals surface area contributed by atoms with Crippen LogP contribution in [0.5, 0.6) is 5.75 Å². The minimum absolute atomic E-state index is 0.00982. The monoisotopic (exact) mass is 582 g/mol. The molecule has 4 aromatic rings. The quantitative estimate of drug-likeness (QED) is 0.186. The van der Waals surface area contributed by atoms with Gasteiger partial charge in [0.15, 0.2) is 5.52 Å². The molecule has 11 heteroatoms. The average Bonchev–Trinajstić information content (AvgIpc) is 3.25. The number of ether oxygens (including phenoxy) is 2. The van der Waals surface area contributed by atoms with Gasteiger partial charge in [-0.3, -0.25) is 4.79 Å². The number of benzene rings is 3. The molecular formula is C32H32N5O6+. The van der Waals surface area contributed by atoms with Gasteiger partial charge in [0.25, 0.3) is 5.69 Å². The van der Waals surface area contributed by atoms with Crippen molar-refractivity contribution in [2.24, 2.45) is 0 Å². The molecule has 0 aliphatic carbocycles. The summed E-state index contributed by atoms with van der Waals surface area (Å²) in [4.78, 5) is 59.8. The molecule has 0 saturated carbocycles. The maximum atomic E-state index is 13.8. The lowest BCUT2D eigenvalue weighted by Crippen LogP contribution is -2.35. The number of nitrogens with zero attached hydrogens (tertiary/aromatic N) is 5. The molecule has 0 N–H and O–H groups in total. The number of aryl methyl sites for hydroxylation is 1. The largest absolute Gasteiger partial charge is 0.496 e. The average molecular weight is 583 g/mol. The van der Waals surface area contributed by atoms with Crippen molar-refractivity contribution in [2.45, 2.75) is 39.7 Å². The van der Waals surface area contributed by atoms with Crippen molar-refractivity contribution in [3.05, 3.63) is 77.6 Å². The van der Waals surface area contributed by atoms with Gasteiger partial charge in [0, 0.05) is 30.6 Å². The number of carbonyl (C=O) groups is 3. The molecule has 5 rings (SSSR count). The zero-order valence-electron chi connectivity index (χ0n) is 24.9. The van der Waals surface area contributed by atoms with Gasteiger partial charge in [-0.05, 0) is 62.1 Å². The van der Waals surface area contributed by atoms with Crippen molar-refractivity contribution in [3.63, 3.8) is 0 Å². The van der Waals surface area contributed by atoms with Gasteiger partial charge in [0.1, 0.15) is 22.7 Å². The van der Waals surface area contributed by atoms with Crippen LogP contribution in [0, 0.1) is 6.92 Å². The highest BCUT2D eigenvalue weighted by Gasteiger charge is 2.33. The number of imidazole rings is 1. The third-order valence-electron chi connectivity index (χ3n) is 7.07. The Morgan fingerprint density at radius 1 is 1.05 bits per heavy atom. The Hall–Kier alpha value is -5.28. The smallest absolute Gasteiger partial charge is 0.440 e. The van der Waals surface area contributed by atoms with E-state index in [1.54, 1.807) is 82.1 Å². The lowest BCUT2D eigenvalue weighted by molar-refractivity contribution is -0.330. The molecule has 3 aromatic carbocycles. The van der Waals surface area contributed by atoms with E-state index in [1.165, 1.54) is 11.7 Å². The highest BCUT2D eigenvalue weighted by Crippen LogP contribution is 2.36. The van der Waals surface area contributed by atoms with Gasteiger partial charge in [0.2, 0.25) is 5.91 Å². The van der Waals surface area contributed by atoms with E-state index in [-0.39, 0.29) is 34.8 Å². The standard InChI is InChI=1S/C32H32N5O6/c1-20-33-29-25(12-9-13-26(29)37(20)31(41)43-32(2,3)4)36(19-38)30(40)23-15-14-22(17-27(23)42-6)35-18-34(5)28(39)16-21-10-7-8-11-24(21)35/h7-15,17H,16,18H2,1-6H3/q+1. The number of hydrogen-bond donors (Lipinski definition) is 0. The summed E-state index contributed by atoms with van der Waals surface area (Å²) in [6.07, 6.45) is 1.37. The third-order valence-corrected chi connectivity index (χ3v) is 7.07. The Balaban J connectivity index is 1.54. The molecule has 0 atom stereocenters. The first-order valence-corrected chi connectivity index (χ1v) is 13.6. The molecular weight excluding hydrogens is 550 g/mol. The summed E-state index contributed by atoms with van der Waals surface area (Å²) in [5.41, 5.74) is 2.60. The molecule has 0 fully saturated rings. The van der Waals surface area contributed by atoms with Gasteiger partial charge in [-0.1, -0.05) is 24.3 Å². The zero-order chi connectivity index (χ0) is 31.1. The Labute approximate surface area is 248 Å². The molecule has 0 bridgehead atoms. The third kappa shape index (κ3) is 5.50. The van der Waals surface area contributed by atoms with Crippen molar-refractivity contribution in [3.8, 4) is 5.75 Å². The summed E-state index contributed by atoms with van der Waals surface area (Å²) in [7, 11) is 3.17. The van der Waals surface area contributed by atoms with Gasteiger partial charge in [-0.2, -0.15) is 4.79 Å². The van der Waals surface area contributed by atoms with Crippen LogP contribution in [0.1, 0.15) is 42.5 Å². The van der Waals surface area contributed by atoms with E-state index < -0.39 is 17.6 Å². The molecule has 0 unspecified atom stereocenters. The molecule has 2 amide bonds. The van der Waals surface area contributed by atoms with E-state index in [0.29, 0.717) is 23.7 Å². The second-order valence-electron chi connectivity index (χ2n) is 11.2. The van der Waals surface area contributed by atoms with Gasteiger partial charge in [-0.25, -0.2) is 19.1 Å². The number of rotatable bonds is 4. The first kappa shape index (κ1) is 29.2. The maximum absolute atomic E-state index is 13.8. The van der Waals surface area contributed by atoms with Crippen molar-refractivity contribution in [2.75, 3.05) is 25.7 Å². The van der Waals surface area contributed by atoms with Crippen molar-refractivity contribution < 1.29 is 33.2 Å². The number of anilines is 2. The first-order chi connectivity index (χ1) is 20.4. The molecule has 2 heterocycles. The van der Waals surface area contributed by atoms with Crippen LogP contribution in [0.3, 0.4) is 0 Å². The summed E-state index contributed by atoms with van der Waals surface area (Å²) in [5, 5.41) is 0. The van der Waals surface area contributed by atoms with Crippen LogP contribution in [-0.4, -0.2) is 69.4 Å². The summed E-state index contributed by atoms with van der Waals surface area (Å²) >= 11 is 0. The predicted molar refractivity (Wildman–Crippen MR) is 159 cm³/mol. The van der Waals surface area contributed by atoms with Crippen LogP contribution < -0.4 is 9.64 Å². The molecule has 11 nitrogen and oxygen atoms in total. The number of methoxy groups -OCH3 is 1. The van der Waals surface area contributed by atoms with Crippen LogP contribution in [0.4, 0.5) is 21.9 Å². The zero-order valence-corrected chi connectivity index (χ0v) is 24.9. The van der Waals surface area contributed by atoms with Crippen LogP contribution in [0.2, 0.25) is 0 Å². The van der Waals surface area contributed by atoms with Crippen molar-refractivity contribution in [1.29, 1.82) is 0 Å². The van der Waals surface area contributed by atoms with Crippen molar-refractivity contribution in [1.82, 2.24) is 14.5 Å². The minimum atomic E-state index is -0.737. The fourth-order valence-corrected chi connectivity index (χ4v) is 5.07. The van der Waals surface area contributed by atoms with Crippen LogP contribution in [0.25, 0.3) is 11.0 Å². The number of hydrogen-bond acceptors (Lipinski definition) is 8. The first-order valence-electron chi connectivity index (χ1n) is 13.6. The second kappa shape index (κ2) is 11.2. The Morgan fingerprint density at radius 2 is 1.79 bits per heavy atom. The van der Waals surface area contributed by atoms with Gasteiger partial charge in [0.05, 0.1) is 25.7 Å². The maximum Gasteiger partial charge on any atom is 0.440 e. The summed E-state index contributed by atoms with van der Waals surface area (Å²) in [6.45, 7) is 7.21. The number of aromatic nitrogens is 2.